The van der Waals surface area contributed by atoms with Gasteiger partial charge in [0, 0.05) is 19.1 Å². The lowest BCUT2D eigenvalue weighted by molar-refractivity contribution is 0.118. The third-order valence-corrected chi connectivity index (χ3v) is 4.58. The molecule has 0 rings (SSSR count). The quantitative estimate of drug-likeness (QED) is 0.567. The van der Waals surface area contributed by atoms with Gasteiger partial charge in [-0.05, 0) is 57.5 Å². The SMILES string of the molecule is CCCNCC(CC)(CC)CN(C)C(C)CC(C)C. The van der Waals surface area contributed by atoms with Crippen LogP contribution in [0.25, 0.3) is 0 Å². The molecule has 0 aromatic rings. The molecule has 0 radical (unpaired) electrons. The standard InChI is InChI=1S/C17H38N2/c1-8-11-18-13-17(9-2,10-3)14-19(7)16(6)12-15(4)5/h15-16,18H,8-14H2,1-7H3. The number of hydrogen-bond acceptors (Lipinski definition) is 2. The molecule has 0 bridgehead atoms. The molecule has 19 heavy (non-hydrogen) atoms. The fraction of sp³-hybridized carbons (Fsp3) is 1.00. The lowest BCUT2D eigenvalue weighted by Crippen LogP contribution is -2.45. The minimum Gasteiger partial charge on any atom is -0.316 e. The molecule has 0 saturated heterocycles. The van der Waals surface area contributed by atoms with Crippen molar-refractivity contribution in [2.24, 2.45) is 11.3 Å². The van der Waals surface area contributed by atoms with Crippen molar-refractivity contribution in [3.05, 3.63) is 0 Å². The predicted molar refractivity (Wildman–Crippen MR) is 87.7 cm³/mol. The van der Waals surface area contributed by atoms with E-state index in [0.717, 1.165) is 19.0 Å². The lowest BCUT2D eigenvalue weighted by atomic mass is 9.81. The van der Waals surface area contributed by atoms with E-state index in [2.05, 4.69) is 58.8 Å². The van der Waals surface area contributed by atoms with Crippen molar-refractivity contribution in [2.75, 3.05) is 26.7 Å². The van der Waals surface area contributed by atoms with E-state index in [-0.39, 0.29) is 0 Å². The normalized spacial score (nSPS) is 14.4. The number of nitrogens with one attached hydrogen (secondary N) is 1. The van der Waals surface area contributed by atoms with E-state index in [1.807, 2.05) is 0 Å². The van der Waals surface area contributed by atoms with Crippen LogP contribution in [-0.4, -0.2) is 37.6 Å². The predicted octanol–water partition coefficient (Wildman–Crippen LogP) is 4.16. The molecule has 0 aliphatic rings. The van der Waals surface area contributed by atoms with Gasteiger partial charge in [-0.3, -0.25) is 0 Å². The van der Waals surface area contributed by atoms with Crippen LogP contribution in [0.5, 0.6) is 0 Å². The van der Waals surface area contributed by atoms with Crippen molar-refractivity contribution in [2.45, 2.75) is 73.3 Å². The zero-order chi connectivity index (χ0) is 14.9. The van der Waals surface area contributed by atoms with Crippen molar-refractivity contribution >= 4 is 0 Å². The Morgan fingerprint density at radius 2 is 1.63 bits per heavy atom. The highest BCUT2D eigenvalue weighted by molar-refractivity contribution is 4.83. The van der Waals surface area contributed by atoms with Gasteiger partial charge in [0.15, 0.2) is 0 Å². The number of hydrogen-bond donors (Lipinski definition) is 1. The van der Waals surface area contributed by atoms with Gasteiger partial charge in [0.05, 0.1) is 0 Å². The van der Waals surface area contributed by atoms with Crippen molar-refractivity contribution < 1.29 is 0 Å². The molecule has 0 spiro atoms. The van der Waals surface area contributed by atoms with Crippen LogP contribution in [0, 0.1) is 11.3 Å². The highest BCUT2D eigenvalue weighted by Crippen LogP contribution is 2.28. The first kappa shape index (κ1) is 18.9. The number of nitrogens with zero attached hydrogens (tertiary/aromatic N) is 1. The largest absolute Gasteiger partial charge is 0.316 e. The molecule has 0 aromatic carbocycles. The fourth-order valence-corrected chi connectivity index (χ4v) is 2.86. The van der Waals surface area contributed by atoms with E-state index < -0.39 is 0 Å². The van der Waals surface area contributed by atoms with E-state index >= 15 is 0 Å². The van der Waals surface area contributed by atoms with Gasteiger partial charge in [0.2, 0.25) is 0 Å². The summed E-state index contributed by atoms with van der Waals surface area (Å²) in [6, 6.07) is 0.684. The van der Waals surface area contributed by atoms with Crippen LogP contribution >= 0.6 is 0 Å². The zero-order valence-corrected chi connectivity index (χ0v) is 14.6. The Morgan fingerprint density at radius 3 is 2.05 bits per heavy atom. The summed E-state index contributed by atoms with van der Waals surface area (Å²) in [4.78, 5) is 2.57. The summed E-state index contributed by atoms with van der Waals surface area (Å²) in [7, 11) is 2.30. The summed E-state index contributed by atoms with van der Waals surface area (Å²) in [5.41, 5.74) is 0.440. The average Bonchev–Trinajstić information content (AvgIpc) is 2.36. The van der Waals surface area contributed by atoms with Crippen molar-refractivity contribution in [3.8, 4) is 0 Å². The summed E-state index contributed by atoms with van der Waals surface area (Å²) in [5, 5.41) is 3.64. The third-order valence-electron chi connectivity index (χ3n) is 4.58. The van der Waals surface area contributed by atoms with E-state index in [4.69, 9.17) is 0 Å². The van der Waals surface area contributed by atoms with Crippen LogP contribution in [0.4, 0.5) is 0 Å². The van der Waals surface area contributed by atoms with E-state index in [1.165, 1.54) is 32.2 Å². The Kier molecular flexibility index (Phi) is 9.72. The van der Waals surface area contributed by atoms with Gasteiger partial charge in [-0.25, -0.2) is 0 Å². The van der Waals surface area contributed by atoms with Crippen LogP contribution in [0.15, 0.2) is 0 Å². The van der Waals surface area contributed by atoms with Gasteiger partial charge in [0.25, 0.3) is 0 Å². The van der Waals surface area contributed by atoms with Gasteiger partial charge < -0.3 is 10.2 Å². The minimum atomic E-state index is 0.440. The first-order valence-corrected chi connectivity index (χ1v) is 8.31. The Balaban J connectivity index is 4.45. The van der Waals surface area contributed by atoms with Crippen LogP contribution in [0.3, 0.4) is 0 Å². The monoisotopic (exact) mass is 270 g/mol. The molecular weight excluding hydrogens is 232 g/mol. The molecule has 0 heterocycles. The molecular formula is C17H38N2. The molecule has 1 atom stereocenters. The Bertz CT molecular complexity index is 209. The van der Waals surface area contributed by atoms with Crippen LogP contribution in [0.1, 0.15) is 67.2 Å². The van der Waals surface area contributed by atoms with E-state index in [1.54, 1.807) is 0 Å². The van der Waals surface area contributed by atoms with Crippen LogP contribution in [0.2, 0.25) is 0 Å². The molecule has 0 amide bonds. The van der Waals surface area contributed by atoms with Crippen LogP contribution < -0.4 is 5.32 Å². The zero-order valence-electron chi connectivity index (χ0n) is 14.6. The Hall–Kier alpha value is -0.0800. The van der Waals surface area contributed by atoms with Gasteiger partial charge in [-0.15, -0.1) is 0 Å². The minimum absolute atomic E-state index is 0.440. The van der Waals surface area contributed by atoms with Gasteiger partial charge in [0.1, 0.15) is 0 Å². The summed E-state index contributed by atoms with van der Waals surface area (Å²) < 4.78 is 0. The Labute approximate surface area is 122 Å². The first-order chi connectivity index (χ1) is 8.90. The summed E-state index contributed by atoms with van der Waals surface area (Å²) in [5.74, 6) is 0.785. The van der Waals surface area contributed by atoms with Gasteiger partial charge >= 0.3 is 0 Å². The first-order valence-electron chi connectivity index (χ1n) is 8.31. The molecule has 2 heteroatoms. The number of rotatable bonds is 11. The molecule has 0 aliphatic heterocycles. The topological polar surface area (TPSA) is 15.3 Å². The van der Waals surface area contributed by atoms with E-state index in [9.17, 15) is 0 Å². The van der Waals surface area contributed by atoms with Crippen molar-refractivity contribution in [1.82, 2.24) is 10.2 Å². The van der Waals surface area contributed by atoms with Crippen LogP contribution in [-0.2, 0) is 0 Å². The molecule has 1 unspecified atom stereocenters. The second kappa shape index (κ2) is 9.77. The molecule has 0 saturated carbocycles. The van der Waals surface area contributed by atoms with Gasteiger partial charge in [-0.2, -0.15) is 0 Å². The maximum Gasteiger partial charge on any atom is 0.00665 e. The van der Waals surface area contributed by atoms with E-state index in [0.29, 0.717) is 11.5 Å². The Morgan fingerprint density at radius 1 is 1.05 bits per heavy atom. The second-order valence-corrected chi connectivity index (χ2v) is 6.78. The summed E-state index contributed by atoms with van der Waals surface area (Å²) in [6.45, 7) is 17.5. The molecule has 2 nitrogen and oxygen atoms in total. The third kappa shape index (κ3) is 7.31. The van der Waals surface area contributed by atoms with Crippen molar-refractivity contribution in [3.63, 3.8) is 0 Å². The maximum absolute atomic E-state index is 3.64. The average molecular weight is 271 g/mol. The summed E-state index contributed by atoms with van der Waals surface area (Å²) >= 11 is 0. The fourth-order valence-electron chi connectivity index (χ4n) is 2.86. The summed E-state index contributed by atoms with van der Waals surface area (Å²) in [6.07, 6.45) is 5.05. The second-order valence-electron chi connectivity index (χ2n) is 6.78. The molecule has 116 valence electrons. The molecule has 1 N–H and O–H groups in total. The molecule has 0 fully saturated rings. The van der Waals surface area contributed by atoms with Crippen molar-refractivity contribution in [1.29, 1.82) is 0 Å². The van der Waals surface area contributed by atoms with Gasteiger partial charge in [-0.1, -0.05) is 34.6 Å². The maximum atomic E-state index is 3.64. The smallest absolute Gasteiger partial charge is 0.00665 e. The highest BCUT2D eigenvalue weighted by Gasteiger charge is 2.28. The lowest BCUT2D eigenvalue weighted by Gasteiger charge is -2.39. The molecule has 0 aliphatic carbocycles. The highest BCUT2D eigenvalue weighted by atomic mass is 15.1. The molecule has 0 aromatic heterocycles.